The van der Waals surface area contributed by atoms with Crippen molar-refractivity contribution in [3.63, 3.8) is 0 Å². The molecule has 0 heterocycles. The second-order valence-corrected chi connectivity index (χ2v) is 5.64. The highest BCUT2D eigenvalue weighted by Gasteiger charge is 2.13. The molecule has 0 bridgehead atoms. The Kier molecular flexibility index (Phi) is 7.21. The van der Waals surface area contributed by atoms with Crippen molar-refractivity contribution >= 4 is 17.7 Å². The van der Waals surface area contributed by atoms with Crippen LogP contribution in [0.4, 0.5) is 5.69 Å². The maximum atomic E-state index is 12.6. The van der Waals surface area contributed by atoms with Crippen LogP contribution in [0.5, 0.6) is 11.5 Å². The Morgan fingerprint density at radius 3 is 2.74 bits per heavy atom. The van der Waals surface area contributed by atoms with Gasteiger partial charge in [0.1, 0.15) is 29.7 Å². The number of para-hydroxylation sites is 1. The molecular weight excluding hydrogens is 340 g/mol. The summed E-state index contributed by atoms with van der Waals surface area (Å²) in [5.74, 6) is 0.652. The van der Waals surface area contributed by atoms with E-state index >= 15 is 0 Å². The van der Waals surface area contributed by atoms with E-state index in [1.54, 1.807) is 31.4 Å². The molecule has 2 aromatic carbocycles. The first kappa shape index (κ1) is 19.8. The molecule has 1 amide bonds. The second kappa shape index (κ2) is 9.83. The fourth-order valence-corrected chi connectivity index (χ4v) is 2.48. The van der Waals surface area contributed by atoms with Crippen molar-refractivity contribution in [3.05, 3.63) is 71.8 Å². The molecule has 138 valence electrons. The minimum absolute atomic E-state index is 0.0190. The van der Waals surface area contributed by atoms with E-state index in [1.165, 1.54) is 6.08 Å². The van der Waals surface area contributed by atoms with Crippen molar-refractivity contribution in [2.75, 3.05) is 19.0 Å². The summed E-state index contributed by atoms with van der Waals surface area (Å²) in [6, 6.07) is 14.7. The van der Waals surface area contributed by atoms with Gasteiger partial charge in [0, 0.05) is 17.3 Å². The maximum Gasteiger partial charge on any atom is 0.266 e. The van der Waals surface area contributed by atoms with Gasteiger partial charge in [-0.2, -0.15) is 5.26 Å². The van der Waals surface area contributed by atoms with Crippen LogP contribution in [-0.2, 0) is 11.2 Å². The van der Waals surface area contributed by atoms with Gasteiger partial charge >= 0.3 is 0 Å². The molecule has 27 heavy (non-hydrogen) atoms. The average Bonchev–Trinajstić information content (AvgIpc) is 2.71. The number of amides is 1. The van der Waals surface area contributed by atoms with Crippen molar-refractivity contribution in [1.82, 2.24) is 0 Å². The smallest absolute Gasteiger partial charge is 0.266 e. The third-order valence-electron chi connectivity index (χ3n) is 3.89. The van der Waals surface area contributed by atoms with Gasteiger partial charge in [-0.1, -0.05) is 37.8 Å². The molecule has 0 unspecified atom stereocenters. The van der Waals surface area contributed by atoms with Crippen LogP contribution in [0.2, 0.25) is 0 Å². The molecule has 0 radical (unpaired) electrons. The van der Waals surface area contributed by atoms with E-state index in [0.29, 0.717) is 29.4 Å². The first-order valence-corrected chi connectivity index (χ1v) is 8.55. The second-order valence-electron chi connectivity index (χ2n) is 5.64. The van der Waals surface area contributed by atoms with Gasteiger partial charge < -0.3 is 14.8 Å². The highest BCUT2D eigenvalue weighted by atomic mass is 16.5. The normalized spacial score (nSPS) is 10.6. The third kappa shape index (κ3) is 5.23. The molecular formula is C22H22N2O3. The number of nitriles is 1. The first-order valence-electron chi connectivity index (χ1n) is 8.55. The highest BCUT2D eigenvalue weighted by molar-refractivity contribution is 6.10. The Morgan fingerprint density at radius 1 is 1.30 bits per heavy atom. The molecule has 0 aromatic heterocycles. The predicted octanol–water partition coefficient (Wildman–Crippen LogP) is 4.37. The lowest BCUT2D eigenvalue weighted by atomic mass is 10.1. The first-order chi connectivity index (χ1) is 13.1. The molecule has 0 aliphatic heterocycles. The molecule has 0 aliphatic rings. The quantitative estimate of drug-likeness (QED) is 0.430. The van der Waals surface area contributed by atoms with Crippen LogP contribution in [0.15, 0.2) is 60.7 Å². The van der Waals surface area contributed by atoms with Crippen molar-refractivity contribution < 1.29 is 14.3 Å². The molecule has 0 saturated heterocycles. The van der Waals surface area contributed by atoms with E-state index in [0.717, 1.165) is 12.0 Å². The summed E-state index contributed by atoms with van der Waals surface area (Å²) < 4.78 is 10.8. The lowest BCUT2D eigenvalue weighted by Gasteiger charge is -2.11. The molecule has 2 rings (SSSR count). The van der Waals surface area contributed by atoms with Gasteiger partial charge in [-0.05, 0) is 36.3 Å². The van der Waals surface area contributed by atoms with Crippen LogP contribution in [0.1, 0.15) is 18.1 Å². The molecule has 0 saturated carbocycles. The van der Waals surface area contributed by atoms with Gasteiger partial charge in [0.2, 0.25) is 0 Å². The zero-order valence-corrected chi connectivity index (χ0v) is 15.5. The number of carbonyl (C=O) groups excluding carboxylic acids is 1. The fraction of sp³-hybridized carbons (Fsp3) is 0.182. The molecule has 0 fully saturated rings. The number of anilines is 1. The Labute approximate surface area is 159 Å². The van der Waals surface area contributed by atoms with Crippen LogP contribution in [0.25, 0.3) is 6.08 Å². The number of hydrogen-bond donors (Lipinski definition) is 1. The number of ether oxygens (including phenoxy) is 2. The Bertz CT molecular complexity index is 895. The van der Waals surface area contributed by atoms with Gasteiger partial charge in [-0.15, -0.1) is 0 Å². The number of nitrogens with one attached hydrogen (secondary N) is 1. The average molecular weight is 362 g/mol. The number of carbonyl (C=O) groups is 1. The van der Waals surface area contributed by atoms with Crippen molar-refractivity contribution in [2.45, 2.75) is 13.3 Å². The number of aryl methyl sites for hydroxylation is 1. The number of hydrogen-bond acceptors (Lipinski definition) is 4. The minimum Gasteiger partial charge on any atom is -0.497 e. The molecule has 5 nitrogen and oxygen atoms in total. The van der Waals surface area contributed by atoms with E-state index in [2.05, 4.69) is 11.9 Å². The number of rotatable bonds is 8. The van der Waals surface area contributed by atoms with Crippen LogP contribution >= 0.6 is 0 Å². The van der Waals surface area contributed by atoms with E-state index in [4.69, 9.17) is 9.47 Å². The molecule has 5 heteroatoms. The monoisotopic (exact) mass is 362 g/mol. The summed E-state index contributed by atoms with van der Waals surface area (Å²) in [6.07, 6.45) is 3.90. The zero-order valence-electron chi connectivity index (χ0n) is 15.5. The molecule has 1 N–H and O–H groups in total. The van der Waals surface area contributed by atoms with Gasteiger partial charge in [0.15, 0.2) is 0 Å². The zero-order chi connectivity index (χ0) is 19.6. The van der Waals surface area contributed by atoms with Crippen molar-refractivity contribution in [3.8, 4) is 17.6 Å². The van der Waals surface area contributed by atoms with Crippen LogP contribution in [-0.4, -0.2) is 19.6 Å². The Morgan fingerprint density at radius 2 is 2.07 bits per heavy atom. The summed E-state index contributed by atoms with van der Waals surface area (Å²) in [6.45, 7) is 5.93. The van der Waals surface area contributed by atoms with Gasteiger partial charge in [0.05, 0.1) is 7.11 Å². The Balaban J connectivity index is 2.33. The summed E-state index contributed by atoms with van der Waals surface area (Å²) in [5, 5.41) is 12.3. The fourth-order valence-electron chi connectivity index (χ4n) is 2.48. The van der Waals surface area contributed by atoms with Crippen LogP contribution in [0.3, 0.4) is 0 Å². The topological polar surface area (TPSA) is 71.3 Å². The Hall–Kier alpha value is -3.52. The van der Waals surface area contributed by atoms with Crippen molar-refractivity contribution in [2.24, 2.45) is 0 Å². The summed E-state index contributed by atoms with van der Waals surface area (Å²) in [7, 11) is 1.56. The van der Waals surface area contributed by atoms with Crippen molar-refractivity contribution in [1.29, 1.82) is 5.26 Å². The SMILES string of the molecule is C=CCOc1cc(OC)ccc1/C=C(\C#N)C(=O)Nc1ccccc1CC. The lowest BCUT2D eigenvalue weighted by molar-refractivity contribution is -0.112. The van der Waals surface area contributed by atoms with Gasteiger partial charge in [-0.25, -0.2) is 0 Å². The van der Waals surface area contributed by atoms with Gasteiger partial charge in [-0.3, -0.25) is 4.79 Å². The molecule has 0 atom stereocenters. The number of nitrogens with zero attached hydrogens (tertiary/aromatic N) is 1. The summed E-state index contributed by atoms with van der Waals surface area (Å²) >= 11 is 0. The van der Waals surface area contributed by atoms with E-state index in [-0.39, 0.29) is 5.57 Å². The van der Waals surface area contributed by atoms with Crippen LogP contribution in [0, 0.1) is 11.3 Å². The summed E-state index contributed by atoms with van der Waals surface area (Å²) in [4.78, 5) is 12.6. The number of methoxy groups -OCH3 is 1. The van der Waals surface area contributed by atoms with E-state index < -0.39 is 5.91 Å². The predicted molar refractivity (Wildman–Crippen MR) is 107 cm³/mol. The molecule has 2 aromatic rings. The van der Waals surface area contributed by atoms with Gasteiger partial charge in [0.25, 0.3) is 5.91 Å². The number of benzene rings is 2. The maximum absolute atomic E-state index is 12.6. The standard InChI is InChI=1S/C22H22N2O3/c1-4-12-27-21-14-19(26-3)11-10-17(21)13-18(15-23)22(25)24-20-9-7-6-8-16(20)5-2/h4,6-11,13-14H,1,5,12H2,2-3H3,(H,24,25)/b18-13+. The minimum atomic E-state index is -0.469. The molecule has 0 aliphatic carbocycles. The van der Waals surface area contributed by atoms with E-state index in [1.807, 2.05) is 37.3 Å². The third-order valence-corrected chi connectivity index (χ3v) is 3.89. The van der Waals surface area contributed by atoms with E-state index in [9.17, 15) is 10.1 Å². The highest BCUT2D eigenvalue weighted by Crippen LogP contribution is 2.27. The van der Waals surface area contributed by atoms with Crippen LogP contribution < -0.4 is 14.8 Å². The largest absolute Gasteiger partial charge is 0.497 e. The molecule has 0 spiro atoms. The lowest BCUT2D eigenvalue weighted by Crippen LogP contribution is -2.14. The summed E-state index contributed by atoms with van der Waals surface area (Å²) in [5.41, 5.74) is 2.29.